The molecule has 1 heterocycles. The van der Waals surface area contributed by atoms with Crippen LogP contribution in [-0.2, 0) is 0 Å². The summed E-state index contributed by atoms with van der Waals surface area (Å²) in [6, 6.07) is 7.50. The molecular weight excluding hydrogens is 226 g/mol. The van der Waals surface area contributed by atoms with Crippen LogP contribution in [0.15, 0.2) is 39.1 Å². The van der Waals surface area contributed by atoms with Crippen LogP contribution < -0.4 is 5.73 Å². The van der Waals surface area contributed by atoms with Crippen LogP contribution in [0.4, 0.5) is 0 Å². The Hall–Kier alpha value is -1.69. The van der Waals surface area contributed by atoms with Gasteiger partial charge in [0.05, 0.1) is 5.25 Å². The minimum Gasteiger partial charge on any atom is -0.431 e. The lowest BCUT2D eigenvalue weighted by Crippen LogP contribution is -2.23. The monoisotopic (exact) mass is 237 g/mol. The standard InChI is InChI=1S/C10H11N3O2S/c1-6(9(11)13-14)16-10-12-7-4-2-3-5-8(7)15-10/h2-6,14H,1H3,(H2,11,13). The maximum absolute atomic E-state index is 8.52. The second-order valence-electron chi connectivity index (χ2n) is 3.23. The van der Waals surface area contributed by atoms with Gasteiger partial charge in [0.25, 0.3) is 5.22 Å². The molecule has 16 heavy (non-hydrogen) atoms. The Morgan fingerprint density at radius 2 is 2.31 bits per heavy atom. The maximum atomic E-state index is 8.52. The average molecular weight is 237 g/mol. The fourth-order valence-corrected chi connectivity index (χ4v) is 1.95. The second kappa shape index (κ2) is 4.44. The van der Waals surface area contributed by atoms with Crippen molar-refractivity contribution in [3.63, 3.8) is 0 Å². The summed E-state index contributed by atoms with van der Waals surface area (Å²) in [4.78, 5) is 4.27. The van der Waals surface area contributed by atoms with Gasteiger partial charge < -0.3 is 15.4 Å². The number of rotatable bonds is 3. The quantitative estimate of drug-likeness (QED) is 0.280. The van der Waals surface area contributed by atoms with Crippen LogP contribution in [-0.4, -0.2) is 21.3 Å². The fraction of sp³-hybridized carbons (Fsp3) is 0.200. The smallest absolute Gasteiger partial charge is 0.257 e. The van der Waals surface area contributed by atoms with Gasteiger partial charge in [0.1, 0.15) is 5.52 Å². The van der Waals surface area contributed by atoms with Crippen molar-refractivity contribution in [2.45, 2.75) is 17.4 Å². The summed E-state index contributed by atoms with van der Waals surface area (Å²) in [5.74, 6) is 0.146. The number of aromatic nitrogens is 1. The molecule has 1 unspecified atom stereocenters. The third-order valence-electron chi connectivity index (χ3n) is 2.08. The van der Waals surface area contributed by atoms with Crippen molar-refractivity contribution in [1.82, 2.24) is 4.98 Å². The van der Waals surface area contributed by atoms with Crippen LogP contribution in [0.2, 0.25) is 0 Å². The molecule has 0 spiro atoms. The third kappa shape index (κ3) is 2.11. The highest BCUT2D eigenvalue weighted by atomic mass is 32.2. The molecule has 0 aliphatic heterocycles. The summed E-state index contributed by atoms with van der Waals surface area (Å²) in [5.41, 5.74) is 7.00. The Morgan fingerprint density at radius 3 is 3.00 bits per heavy atom. The minimum atomic E-state index is -0.182. The molecule has 0 fully saturated rings. The Morgan fingerprint density at radius 1 is 1.56 bits per heavy atom. The first-order valence-corrected chi connectivity index (χ1v) is 5.58. The van der Waals surface area contributed by atoms with Crippen molar-refractivity contribution in [3.8, 4) is 0 Å². The zero-order valence-corrected chi connectivity index (χ0v) is 9.44. The van der Waals surface area contributed by atoms with E-state index < -0.39 is 0 Å². The van der Waals surface area contributed by atoms with E-state index in [0.717, 1.165) is 11.1 Å². The third-order valence-corrected chi connectivity index (χ3v) is 3.06. The first-order chi connectivity index (χ1) is 7.70. The Kier molecular flexibility index (Phi) is 3.00. The van der Waals surface area contributed by atoms with Gasteiger partial charge in [-0.1, -0.05) is 29.1 Å². The molecule has 3 N–H and O–H groups in total. The van der Waals surface area contributed by atoms with E-state index in [9.17, 15) is 0 Å². The Balaban J connectivity index is 2.22. The van der Waals surface area contributed by atoms with Crippen LogP contribution in [0.25, 0.3) is 11.1 Å². The van der Waals surface area contributed by atoms with Gasteiger partial charge in [-0.25, -0.2) is 4.98 Å². The van der Waals surface area contributed by atoms with E-state index in [1.165, 1.54) is 11.8 Å². The summed E-state index contributed by atoms with van der Waals surface area (Å²) in [5, 5.41) is 11.8. The molecule has 6 heteroatoms. The summed E-state index contributed by atoms with van der Waals surface area (Å²) in [7, 11) is 0. The van der Waals surface area contributed by atoms with Crippen LogP contribution in [0.5, 0.6) is 0 Å². The highest BCUT2D eigenvalue weighted by Gasteiger charge is 2.14. The number of amidine groups is 1. The molecule has 2 rings (SSSR count). The van der Waals surface area contributed by atoms with E-state index in [2.05, 4.69) is 10.1 Å². The Bertz CT molecular complexity index is 491. The number of hydrogen-bond donors (Lipinski definition) is 2. The second-order valence-corrected chi connectivity index (χ2v) is 4.52. The highest BCUT2D eigenvalue weighted by Crippen LogP contribution is 2.26. The van der Waals surface area contributed by atoms with Crippen molar-refractivity contribution >= 4 is 28.7 Å². The van der Waals surface area contributed by atoms with Crippen LogP contribution in [0.1, 0.15) is 6.92 Å². The van der Waals surface area contributed by atoms with E-state index in [4.69, 9.17) is 15.4 Å². The minimum absolute atomic E-state index is 0.146. The lowest BCUT2D eigenvalue weighted by Gasteiger charge is -2.04. The Labute approximate surface area is 96.3 Å². The first kappa shape index (κ1) is 10.8. The summed E-state index contributed by atoms with van der Waals surface area (Å²) in [6.45, 7) is 1.81. The molecule has 0 aliphatic rings. The molecule has 0 saturated carbocycles. The zero-order chi connectivity index (χ0) is 11.5. The molecule has 1 atom stereocenters. The van der Waals surface area contributed by atoms with Gasteiger partial charge in [-0.15, -0.1) is 0 Å². The predicted molar refractivity (Wildman–Crippen MR) is 62.7 cm³/mol. The number of fused-ring (bicyclic) bond motifs is 1. The molecule has 1 aromatic carbocycles. The number of nitrogens with zero attached hydrogens (tertiary/aromatic N) is 2. The van der Waals surface area contributed by atoms with Crippen molar-refractivity contribution in [1.29, 1.82) is 0 Å². The van der Waals surface area contributed by atoms with Crippen molar-refractivity contribution in [2.75, 3.05) is 0 Å². The molecule has 2 aromatic rings. The molecular formula is C10H11N3O2S. The SMILES string of the molecule is CC(Sc1nc2ccccc2o1)C(N)=NO. The van der Waals surface area contributed by atoms with E-state index in [1.54, 1.807) is 0 Å². The topological polar surface area (TPSA) is 84.6 Å². The number of oxazole rings is 1. The summed E-state index contributed by atoms with van der Waals surface area (Å²) >= 11 is 1.31. The normalized spacial score (nSPS) is 14.2. The highest BCUT2D eigenvalue weighted by molar-refractivity contribution is 8.00. The number of thioether (sulfide) groups is 1. The molecule has 0 amide bonds. The molecule has 5 nitrogen and oxygen atoms in total. The lowest BCUT2D eigenvalue weighted by molar-refractivity contribution is 0.317. The van der Waals surface area contributed by atoms with Gasteiger partial charge in [0.15, 0.2) is 11.4 Å². The maximum Gasteiger partial charge on any atom is 0.257 e. The van der Waals surface area contributed by atoms with Gasteiger partial charge in [-0.2, -0.15) is 0 Å². The zero-order valence-electron chi connectivity index (χ0n) is 8.62. The number of oxime groups is 1. The number of benzene rings is 1. The van der Waals surface area contributed by atoms with Gasteiger partial charge >= 0.3 is 0 Å². The van der Waals surface area contributed by atoms with Crippen molar-refractivity contribution in [2.24, 2.45) is 10.9 Å². The molecule has 0 aliphatic carbocycles. The summed E-state index contributed by atoms with van der Waals surface area (Å²) < 4.78 is 5.49. The number of hydrogen-bond acceptors (Lipinski definition) is 5. The van der Waals surface area contributed by atoms with E-state index in [0.29, 0.717) is 5.22 Å². The van der Waals surface area contributed by atoms with Gasteiger partial charge in [-0.05, 0) is 19.1 Å². The first-order valence-electron chi connectivity index (χ1n) is 4.70. The molecule has 0 radical (unpaired) electrons. The average Bonchev–Trinajstić information content (AvgIpc) is 2.69. The molecule has 0 bridgehead atoms. The molecule has 84 valence electrons. The van der Waals surface area contributed by atoms with Gasteiger partial charge in [-0.3, -0.25) is 0 Å². The van der Waals surface area contributed by atoms with Crippen LogP contribution >= 0.6 is 11.8 Å². The largest absolute Gasteiger partial charge is 0.431 e. The summed E-state index contributed by atoms with van der Waals surface area (Å²) in [6.07, 6.45) is 0. The van der Waals surface area contributed by atoms with Crippen LogP contribution in [0, 0.1) is 0 Å². The van der Waals surface area contributed by atoms with Crippen molar-refractivity contribution < 1.29 is 9.62 Å². The molecule has 0 saturated heterocycles. The van der Waals surface area contributed by atoms with E-state index in [-0.39, 0.29) is 11.1 Å². The lowest BCUT2D eigenvalue weighted by atomic mass is 10.3. The number of para-hydroxylation sites is 2. The van der Waals surface area contributed by atoms with Crippen LogP contribution in [0.3, 0.4) is 0 Å². The molecule has 1 aromatic heterocycles. The van der Waals surface area contributed by atoms with Gasteiger partial charge in [0.2, 0.25) is 0 Å². The van der Waals surface area contributed by atoms with Crippen molar-refractivity contribution in [3.05, 3.63) is 24.3 Å². The van der Waals surface area contributed by atoms with E-state index in [1.807, 2.05) is 31.2 Å². The number of nitrogens with two attached hydrogens (primary N) is 1. The van der Waals surface area contributed by atoms with Gasteiger partial charge in [0, 0.05) is 0 Å². The predicted octanol–water partition coefficient (Wildman–Crippen LogP) is 2.05. The fourth-order valence-electron chi connectivity index (χ4n) is 1.19. The van der Waals surface area contributed by atoms with E-state index >= 15 is 0 Å².